The van der Waals surface area contributed by atoms with Gasteiger partial charge in [0.05, 0.1) is 6.10 Å². The molecule has 15 heavy (non-hydrogen) atoms. The van der Waals surface area contributed by atoms with Crippen LogP contribution in [0.3, 0.4) is 0 Å². The molecule has 3 heteroatoms. The van der Waals surface area contributed by atoms with Gasteiger partial charge in [0.25, 0.3) is 0 Å². The lowest BCUT2D eigenvalue weighted by Crippen LogP contribution is -2.43. The minimum absolute atomic E-state index is 0.248. The number of likely N-dealkylation sites (tertiary alicyclic amines) is 1. The number of likely N-dealkylation sites (N-methyl/N-ethyl adjacent to an activating group) is 1. The van der Waals surface area contributed by atoms with Crippen molar-refractivity contribution in [3.63, 3.8) is 0 Å². The Bertz CT molecular complexity index is 218. The summed E-state index contributed by atoms with van der Waals surface area (Å²) in [6.45, 7) is 7.39. The summed E-state index contributed by atoms with van der Waals surface area (Å²) < 4.78 is 5.65. The first-order chi connectivity index (χ1) is 7.11. The smallest absolute Gasteiger partial charge is 0.0805 e. The highest BCUT2D eigenvalue weighted by Crippen LogP contribution is 2.26. The molecule has 1 saturated heterocycles. The third-order valence-corrected chi connectivity index (χ3v) is 3.59. The molecule has 0 bridgehead atoms. The quantitative estimate of drug-likeness (QED) is 0.747. The molecule has 0 aromatic carbocycles. The van der Waals surface area contributed by atoms with Crippen LogP contribution in [0.1, 0.15) is 19.8 Å². The molecule has 3 nitrogen and oxygen atoms in total. The number of methoxy groups -OCH3 is 1. The number of rotatable bonds is 5. The van der Waals surface area contributed by atoms with Crippen LogP contribution in [0.15, 0.2) is 12.3 Å². The zero-order valence-corrected chi connectivity index (χ0v) is 10.4. The second-order valence-corrected chi connectivity index (χ2v) is 4.45. The van der Waals surface area contributed by atoms with Crippen molar-refractivity contribution in [3.8, 4) is 0 Å². The number of hydrogen-bond donors (Lipinski definition) is 1. The summed E-state index contributed by atoms with van der Waals surface area (Å²) in [4.78, 5) is 2.40. The summed E-state index contributed by atoms with van der Waals surface area (Å²) in [5.41, 5.74) is 1.06. The van der Waals surface area contributed by atoms with Gasteiger partial charge < -0.3 is 15.0 Å². The van der Waals surface area contributed by atoms with Crippen molar-refractivity contribution >= 4 is 0 Å². The van der Waals surface area contributed by atoms with Gasteiger partial charge in [0, 0.05) is 31.8 Å². The number of nitrogens with one attached hydrogen (secondary N) is 1. The summed E-state index contributed by atoms with van der Waals surface area (Å²) in [6.07, 6.45) is 2.76. The molecule has 0 radical (unpaired) electrons. The van der Waals surface area contributed by atoms with Crippen LogP contribution in [-0.2, 0) is 4.74 Å². The van der Waals surface area contributed by atoms with E-state index in [1.165, 1.54) is 19.4 Å². The van der Waals surface area contributed by atoms with Crippen LogP contribution in [0.4, 0.5) is 0 Å². The molecule has 1 aliphatic heterocycles. The molecule has 0 spiro atoms. The predicted octanol–water partition coefficient (Wildman–Crippen LogP) is 1.46. The standard InChI is InChI=1S/C12H24N2O/c1-9(10(2)13-3)12(15-5)11-7-6-8-14(11)4/h9,11-13H,2,6-8H2,1,3-5H3. The summed E-state index contributed by atoms with van der Waals surface area (Å²) in [5.74, 6) is 0.352. The Morgan fingerprint density at radius 1 is 1.60 bits per heavy atom. The zero-order chi connectivity index (χ0) is 11.4. The molecule has 1 rings (SSSR count). The second-order valence-electron chi connectivity index (χ2n) is 4.45. The summed E-state index contributed by atoms with van der Waals surface area (Å²) in [7, 11) is 5.90. The first kappa shape index (κ1) is 12.5. The van der Waals surface area contributed by atoms with Gasteiger partial charge in [0.2, 0.25) is 0 Å². The van der Waals surface area contributed by atoms with E-state index in [1.54, 1.807) is 7.11 Å². The van der Waals surface area contributed by atoms with Crippen LogP contribution in [-0.4, -0.2) is 44.8 Å². The first-order valence-corrected chi connectivity index (χ1v) is 5.71. The molecule has 1 heterocycles. The van der Waals surface area contributed by atoms with Crippen LogP contribution in [0, 0.1) is 5.92 Å². The van der Waals surface area contributed by atoms with E-state index in [-0.39, 0.29) is 6.10 Å². The highest BCUT2D eigenvalue weighted by Gasteiger charge is 2.33. The van der Waals surface area contributed by atoms with E-state index >= 15 is 0 Å². The van der Waals surface area contributed by atoms with E-state index in [0.29, 0.717) is 12.0 Å². The molecule has 3 atom stereocenters. The fourth-order valence-electron chi connectivity index (χ4n) is 2.47. The lowest BCUT2D eigenvalue weighted by Gasteiger charge is -2.33. The van der Waals surface area contributed by atoms with E-state index in [0.717, 1.165) is 5.70 Å². The Morgan fingerprint density at radius 3 is 2.67 bits per heavy atom. The van der Waals surface area contributed by atoms with E-state index in [9.17, 15) is 0 Å². The van der Waals surface area contributed by atoms with Gasteiger partial charge in [-0.1, -0.05) is 13.5 Å². The molecule has 0 amide bonds. The van der Waals surface area contributed by atoms with Crippen molar-refractivity contribution in [2.24, 2.45) is 5.92 Å². The lowest BCUT2D eigenvalue weighted by atomic mass is 9.93. The molecule has 88 valence electrons. The topological polar surface area (TPSA) is 24.5 Å². The molecule has 3 unspecified atom stereocenters. The molecular formula is C12H24N2O. The highest BCUT2D eigenvalue weighted by molar-refractivity contribution is 5.02. The van der Waals surface area contributed by atoms with Gasteiger partial charge in [0.1, 0.15) is 0 Å². The fraction of sp³-hybridized carbons (Fsp3) is 0.833. The molecule has 0 aliphatic carbocycles. The highest BCUT2D eigenvalue weighted by atomic mass is 16.5. The van der Waals surface area contributed by atoms with Crippen molar-refractivity contribution in [1.82, 2.24) is 10.2 Å². The molecule has 0 aromatic heterocycles. The minimum atomic E-state index is 0.248. The number of ether oxygens (including phenoxy) is 1. The third-order valence-electron chi connectivity index (χ3n) is 3.59. The van der Waals surface area contributed by atoms with Crippen LogP contribution < -0.4 is 5.32 Å². The normalized spacial score (nSPS) is 26.3. The van der Waals surface area contributed by atoms with Gasteiger partial charge in [-0.05, 0) is 26.4 Å². The van der Waals surface area contributed by atoms with Crippen LogP contribution in [0.2, 0.25) is 0 Å². The Hall–Kier alpha value is -0.540. The Balaban J connectivity index is 2.65. The van der Waals surface area contributed by atoms with Gasteiger partial charge in [-0.15, -0.1) is 0 Å². The third kappa shape index (κ3) is 2.73. The Labute approximate surface area is 93.5 Å². The SMILES string of the molecule is C=C(NC)C(C)C(OC)C1CCCN1C. The van der Waals surface area contributed by atoms with E-state index < -0.39 is 0 Å². The maximum absolute atomic E-state index is 5.65. The van der Waals surface area contributed by atoms with Crippen molar-refractivity contribution in [2.75, 3.05) is 27.7 Å². The van der Waals surface area contributed by atoms with Gasteiger partial charge in [-0.25, -0.2) is 0 Å². The average molecular weight is 212 g/mol. The van der Waals surface area contributed by atoms with Gasteiger partial charge >= 0.3 is 0 Å². The van der Waals surface area contributed by atoms with Crippen LogP contribution in [0.5, 0.6) is 0 Å². The van der Waals surface area contributed by atoms with E-state index in [4.69, 9.17) is 4.74 Å². The molecule has 1 aliphatic rings. The molecule has 1 fully saturated rings. The number of hydrogen-bond acceptors (Lipinski definition) is 3. The van der Waals surface area contributed by atoms with E-state index in [2.05, 4.69) is 30.8 Å². The summed E-state index contributed by atoms with van der Waals surface area (Å²) in [6, 6.07) is 0.537. The first-order valence-electron chi connectivity index (χ1n) is 5.71. The molecule has 0 saturated carbocycles. The average Bonchev–Trinajstić information content (AvgIpc) is 2.65. The van der Waals surface area contributed by atoms with Crippen molar-refractivity contribution in [1.29, 1.82) is 0 Å². The lowest BCUT2D eigenvalue weighted by molar-refractivity contribution is 0.0115. The van der Waals surface area contributed by atoms with Gasteiger partial charge in [-0.2, -0.15) is 0 Å². The summed E-state index contributed by atoms with van der Waals surface area (Å²) in [5, 5.41) is 3.12. The summed E-state index contributed by atoms with van der Waals surface area (Å²) >= 11 is 0. The maximum Gasteiger partial charge on any atom is 0.0805 e. The van der Waals surface area contributed by atoms with Crippen molar-refractivity contribution < 1.29 is 4.74 Å². The maximum atomic E-state index is 5.65. The van der Waals surface area contributed by atoms with Crippen LogP contribution >= 0.6 is 0 Å². The van der Waals surface area contributed by atoms with E-state index in [1.807, 2.05) is 7.05 Å². The second kappa shape index (κ2) is 5.52. The van der Waals surface area contributed by atoms with Gasteiger partial charge in [0.15, 0.2) is 0 Å². The van der Waals surface area contributed by atoms with Gasteiger partial charge in [-0.3, -0.25) is 0 Å². The number of nitrogens with zero attached hydrogens (tertiary/aromatic N) is 1. The minimum Gasteiger partial charge on any atom is -0.392 e. The monoisotopic (exact) mass is 212 g/mol. The fourth-order valence-corrected chi connectivity index (χ4v) is 2.47. The van der Waals surface area contributed by atoms with Crippen LogP contribution in [0.25, 0.3) is 0 Å². The molecule has 1 N–H and O–H groups in total. The molecule has 0 aromatic rings. The molecular weight excluding hydrogens is 188 g/mol. The van der Waals surface area contributed by atoms with Crippen molar-refractivity contribution in [2.45, 2.75) is 31.9 Å². The zero-order valence-electron chi connectivity index (χ0n) is 10.4. The van der Waals surface area contributed by atoms with Crippen molar-refractivity contribution in [3.05, 3.63) is 12.3 Å². The Kier molecular flexibility index (Phi) is 4.61. The predicted molar refractivity (Wildman–Crippen MR) is 63.8 cm³/mol. The largest absolute Gasteiger partial charge is 0.392 e. The Morgan fingerprint density at radius 2 is 2.27 bits per heavy atom.